The normalized spacial score (nSPS) is 26.8. The third-order valence-corrected chi connectivity index (χ3v) is 18.4. The van der Waals surface area contributed by atoms with Gasteiger partial charge in [-0.3, -0.25) is 48.7 Å². The molecule has 7 aliphatic heterocycles. The van der Waals surface area contributed by atoms with Gasteiger partial charge in [-0.05, 0) is 74.8 Å². The van der Waals surface area contributed by atoms with Crippen LogP contribution >= 0.6 is 0 Å². The van der Waals surface area contributed by atoms with Gasteiger partial charge in [0.15, 0.2) is 0 Å². The lowest BCUT2D eigenvalue weighted by molar-refractivity contribution is -0.197. The number of esters is 1. The minimum atomic E-state index is -4.61. The Bertz CT molecular complexity index is 2960. The second-order valence-electron chi connectivity index (χ2n) is 26.1. The second-order valence-corrected chi connectivity index (χ2v) is 26.1. The number of likely N-dealkylation sites (tertiary alicyclic amines) is 1. The van der Waals surface area contributed by atoms with Crippen LogP contribution < -0.4 is 20.5 Å². The average molecular weight is 1180 g/mol. The Labute approximate surface area is 490 Å². The Morgan fingerprint density at radius 2 is 1.69 bits per heavy atom. The van der Waals surface area contributed by atoms with Gasteiger partial charge in [-0.25, -0.2) is 5.43 Å². The number of nitrogens with one attached hydrogen (secondary N) is 2. The van der Waals surface area contributed by atoms with E-state index >= 15 is 18.0 Å². The fraction of sp³-hybridized carbons (Fsp3) is 0.700. The number of hydrogen-bond acceptors (Lipinski definition) is 16. The number of morpholine rings is 2. The topological polar surface area (TPSA) is 190 Å². The molecule has 1 spiro atoms. The lowest BCUT2D eigenvalue weighted by Crippen LogP contribution is -2.73. The molecule has 1 aliphatic carbocycles. The van der Waals surface area contributed by atoms with Crippen LogP contribution in [0.4, 0.5) is 24.5 Å². The van der Waals surface area contributed by atoms with Gasteiger partial charge < -0.3 is 48.4 Å². The van der Waals surface area contributed by atoms with Crippen LogP contribution in [0, 0.1) is 11.3 Å². The lowest BCUT2D eigenvalue weighted by Gasteiger charge is -2.55. The molecule has 11 rings (SSSR count). The quantitative estimate of drug-likeness (QED) is 0.186. The number of carbonyl (C=O) groups is 5. The minimum absolute atomic E-state index is 0.0432. The second kappa shape index (κ2) is 23.9. The van der Waals surface area contributed by atoms with Crippen molar-refractivity contribution >= 4 is 51.9 Å². The molecule has 6 saturated heterocycles. The maximum absolute atomic E-state index is 15.2. The highest BCUT2D eigenvalue weighted by Gasteiger charge is 2.55. The fourth-order valence-corrected chi connectivity index (χ4v) is 13.6. The molecule has 84 heavy (non-hydrogen) atoms. The van der Waals surface area contributed by atoms with E-state index in [4.69, 9.17) is 23.9 Å². The summed E-state index contributed by atoms with van der Waals surface area (Å²) in [6.45, 7) is 15.5. The van der Waals surface area contributed by atoms with E-state index in [0.29, 0.717) is 105 Å². The van der Waals surface area contributed by atoms with Crippen LogP contribution in [-0.4, -0.2) is 243 Å². The van der Waals surface area contributed by atoms with Crippen LogP contribution in [0.2, 0.25) is 0 Å². The summed E-state index contributed by atoms with van der Waals surface area (Å²) in [5, 5.41) is 5.21. The van der Waals surface area contributed by atoms with Crippen LogP contribution in [-0.2, 0) is 55.9 Å². The number of benzene rings is 1. The van der Waals surface area contributed by atoms with Gasteiger partial charge in [0, 0.05) is 127 Å². The van der Waals surface area contributed by atoms with Crippen LogP contribution in [0.25, 0.3) is 22.2 Å². The molecule has 0 radical (unpaired) electrons. The highest BCUT2D eigenvalue weighted by molar-refractivity contribution is 5.95. The van der Waals surface area contributed by atoms with Gasteiger partial charge in [0.05, 0.1) is 81.0 Å². The summed E-state index contributed by atoms with van der Waals surface area (Å²) in [4.78, 5) is 89.2. The standard InChI is InChI=1S/C60H85F3N12O9/c1-37(2)52(71-21-23-84-59(32-71)33-73(34-59)56(79)49-30-72(49)31-50(76)67(6)7)54(77)65-47-26-42-29-70(20-22-82-42)40-13-14-48-43(24-40)45(27-58(4,5)36-83-57(80)46-10-9-15-75(66-46)55(47)78)53(74(48)35-60(61,62)63)44-25-41(28-64-51(44)38(3)81-8)69-18-16-68(17-19-69)39-11-12-39/h13-14,24-25,28,37-39,42,46-47,49,52,66H,9-12,15-23,26-27,29-36H2,1-8H3,(H,65,77)/t38-,42-,46-,47-,49+,52-,72?/m0/s1. The predicted octanol–water partition coefficient (Wildman–Crippen LogP) is 3.67. The van der Waals surface area contributed by atoms with Crippen LogP contribution in [0.3, 0.4) is 0 Å². The zero-order valence-electron chi connectivity index (χ0n) is 50.0. The third-order valence-electron chi connectivity index (χ3n) is 18.4. The van der Waals surface area contributed by atoms with Crippen molar-refractivity contribution in [2.24, 2.45) is 11.3 Å². The number of rotatable bonds is 13. The number of anilines is 2. The number of carbonyl (C=O) groups excluding carboxylic acids is 5. The number of likely N-dealkylation sites (N-methyl/N-ethyl adjacent to an activating group) is 1. The summed E-state index contributed by atoms with van der Waals surface area (Å²) in [7, 11) is 4.95. The number of halogens is 3. The SMILES string of the molecule is CO[C@@H](C)c1ncc(N2CCN(C3CC3)CC2)cc1-c1c2c3cc(ccc3n1CC(F)(F)F)N1CCO[C@@H](C[C@H](NC(=O)[C@H](C(C)C)N3CCOC4(CN(C(=O)[C@H]5CN5CC(=O)N(C)C)C4)C3)C(=O)N3CCC[C@H](N3)C(=O)OCC(C)(C)C2)C1. The van der Waals surface area contributed by atoms with Crippen molar-refractivity contribution in [2.45, 2.75) is 134 Å². The van der Waals surface area contributed by atoms with Gasteiger partial charge in [-0.1, -0.05) is 27.7 Å². The molecule has 21 nitrogen and oxygen atoms in total. The predicted molar refractivity (Wildman–Crippen MR) is 308 cm³/mol. The number of methoxy groups -OCH3 is 1. The summed E-state index contributed by atoms with van der Waals surface area (Å²) in [5.41, 5.74) is 5.71. The Balaban J connectivity index is 0.899. The lowest BCUT2D eigenvalue weighted by atomic mass is 9.84. The van der Waals surface area contributed by atoms with Crippen molar-refractivity contribution in [1.82, 2.24) is 49.8 Å². The first-order chi connectivity index (χ1) is 40.0. The summed E-state index contributed by atoms with van der Waals surface area (Å²) in [5.74, 6) is -1.66. The van der Waals surface area contributed by atoms with E-state index in [1.165, 1.54) is 27.3 Å². The molecule has 7 fully saturated rings. The van der Waals surface area contributed by atoms with Crippen molar-refractivity contribution in [1.29, 1.82) is 0 Å². The first kappa shape index (κ1) is 60.1. The first-order valence-electron chi connectivity index (χ1n) is 30.2. The molecule has 8 aliphatic rings. The number of cyclic esters (lactones) is 1. The number of pyridine rings is 1. The summed E-state index contributed by atoms with van der Waals surface area (Å²) in [6, 6.07) is 5.16. The zero-order chi connectivity index (χ0) is 59.6. The largest absolute Gasteiger partial charge is 0.464 e. The number of ether oxygens (including phenoxy) is 4. The Kier molecular flexibility index (Phi) is 17.1. The van der Waals surface area contributed by atoms with Gasteiger partial charge in [0.2, 0.25) is 17.7 Å². The van der Waals surface area contributed by atoms with Crippen molar-refractivity contribution in [3.05, 3.63) is 41.7 Å². The Hall–Kier alpha value is -5.63. The molecule has 9 heterocycles. The molecular weight excluding hydrogens is 1090 g/mol. The maximum Gasteiger partial charge on any atom is 0.406 e. The maximum atomic E-state index is 15.2. The number of amides is 4. The summed E-state index contributed by atoms with van der Waals surface area (Å²) < 4.78 is 71.9. The number of hydrazine groups is 1. The fourth-order valence-electron chi connectivity index (χ4n) is 13.6. The van der Waals surface area contributed by atoms with Crippen LogP contribution in [0.5, 0.6) is 0 Å². The monoisotopic (exact) mass is 1170 g/mol. The zero-order valence-corrected chi connectivity index (χ0v) is 50.0. The molecule has 1 aromatic carbocycles. The van der Waals surface area contributed by atoms with E-state index in [2.05, 4.69) is 30.3 Å². The van der Waals surface area contributed by atoms with Crippen molar-refractivity contribution in [2.75, 3.05) is 136 Å². The molecule has 24 heteroatoms. The van der Waals surface area contributed by atoms with Crippen molar-refractivity contribution < 1.29 is 56.1 Å². The molecule has 1 saturated carbocycles. The highest BCUT2D eigenvalue weighted by atomic mass is 19.4. The van der Waals surface area contributed by atoms with Crippen molar-refractivity contribution in [3.63, 3.8) is 0 Å². The Morgan fingerprint density at radius 3 is 2.39 bits per heavy atom. The summed E-state index contributed by atoms with van der Waals surface area (Å²) >= 11 is 0. The average Bonchev–Trinajstić information content (AvgIpc) is 1.72. The number of piperazine rings is 1. The molecule has 1 unspecified atom stereocenters. The van der Waals surface area contributed by atoms with E-state index < -0.39 is 65.9 Å². The molecule has 2 N–H and O–H groups in total. The molecule has 2 aromatic heterocycles. The van der Waals surface area contributed by atoms with Crippen LogP contribution in [0.15, 0.2) is 30.5 Å². The van der Waals surface area contributed by atoms with Gasteiger partial charge >= 0.3 is 12.1 Å². The van der Waals surface area contributed by atoms with E-state index in [9.17, 15) is 19.2 Å². The molecule has 6 bridgehead atoms. The third kappa shape index (κ3) is 12.9. The first-order valence-corrected chi connectivity index (χ1v) is 30.2. The smallest absolute Gasteiger partial charge is 0.406 e. The Morgan fingerprint density at radius 1 is 0.929 bits per heavy atom. The van der Waals surface area contributed by atoms with Gasteiger partial charge in [0.1, 0.15) is 30.3 Å². The molecule has 4 amide bonds. The summed E-state index contributed by atoms with van der Waals surface area (Å²) in [6.07, 6.45) is -0.387. The molecule has 7 atom stereocenters. The van der Waals surface area contributed by atoms with E-state index in [-0.39, 0.29) is 68.8 Å². The van der Waals surface area contributed by atoms with Gasteiger partial charge in [0.25, 0.3) is 5.91 Å². The molecular formula is C60H85F3N12O9. The van der Waals surface area contributed by atoms with E-state index in [1.807, 2.05) is 63.9 Å². The number of aromatic nitrogens is 2. The molecule has 3 aromatic rings. The van der Waals surface area contributed by atoms with E-state index in [1.54, 1.807) is 32.2 Å². The molecule has 460 valence electrons. The number of alkyl halides is 3. The number of nitrogens with zero attached hydrogens (tertiary/aromatic N) is 10. The van der Waals surface area contributed by atoms with Gasteiger partial charge in [-0.2, -0.15) is 13.2 Å². The van der Waals surface area contributed by atoms with Gasteiger partial charge in [-0.15, -0.1) is 0 Å². The van der Waals surface area contributed by atoms with E-state index in [0.717, 1.165) is 37.6 Å². The number of hydrogen-bond donors (Lipinski definition) is 2. The van der Waals surface area contributed by atoms with Crippen LogP contribution in [0.1, 0.15) is 84.1 Å². The highest BCUT2D eigenvalue weighted by Crippen LogP contribution is 2.45. The van der Waals surface area contributed by atoms with Crippen molar-refractivity contribution in [3.8, 4) is 11.3 Å². The minimum Gasteiger partial charge on any atom is -0.464 e. The number of fused-ring (bicyclic) bond motifs is 6.